The zero-order valence-corrected chi connectivity index (χ0v) is 11.4. The molecule has 1 N–H and O–H groups in total. The monoisotopic (exact) mass is 271 g/mol. The van der Waals surface area contributed by atoms with Crippen LogP contribution in [0.4, 0.5) is 0 Å². The Labute approximate surface area is 117 Å². The summed E-state index contributed by atoms with van der Waals surface area (Å²) in [6.45, 7) is 2.72. The first-order chi connectivity index (χ1) is 9.72. The average Bonchev–Trinajstić information content (AvgIpc) is 2.97. The fraction of sp³-hybridized carbons (Fsp3) is 0.438. The van der Waals surface area contributed by atoms with Crippen LogP contribution in [0.3, 0.4) is 0 Å². The number of carbonyl (C=O) groups excluding carboxylic acids is 1. The van der Waals surface area contributed by atoms with E-state index in [-0.39, 0.29) is 11.9 Å². The van der Waals surface area contributed by atoms with Gasteiger partial charge >= 0.3 is 0 Å². The second-order valence-corrected chi connectivity index (χ2v) is 5.76. The van der Waals surface area contributed by atoms with Gasteiger partial charge < -0.3 is 14.5 Å². The molecule has 2 fully saturated rings. The van der Waals surface area contributed by atoms with E-state index in [1.165, 1.54) is 0 Å². The van der Waals surface area contributed by atoms with Crippen molar-refractivity contribution in [1.82, 2.24) is 5.32 Å². The Bertz CT molecular complexity index is 675. The molecule has 104 valence electrons. The number of para-hydroxylation sites is 1. The highest BCUT2D eigenvalue weighted by atomic mass is 16.5. The fourth-order valence-electron chi connectivity index (χ4n) is 3.38. The summed E-state index contributed by atoms with van der Waals surface area (Å²) < 4.78 is 11.2. The first-order valence-electron chi connectivity index (χ1n) is 7.14. The number of ether oxygens (including phenoxy) is 1. The van der Waals surface area contributed by atoms with Crippen LogP contribution in [0.5, 0.6) is 0 Å². The average molecular weight is 271 g/mol. The van der Waals surface area contributed by atoms with E-state index in [2.05, 4.69) is 5.32 Å². The molecule has 1 saturated heterocycles. The van der Waals surface area contributed by atoms with Crippen LogP contribution in [0.25, 0.3) is 11.0 Å². The van der Waals surface area contributed by atoms with Crippen LogP contribution in [0.15, 0.2) is 28.7 Å². The third-order valence-electron chi connectivity index (χ3n) is 4.49. The maximum Gasteiger partial charge on any atom is 0.255 e. The van der Waals surface area contributed by atoms with Crippen molar-refractivity contribution in [3.8, 4) is 0 Å². The molecule has 2 aromatic rings. The molecule has 1 saturated carbocycles. The van der Waals surface area contributed by atoms with Crippen LogP contribution < -0.4 is 5.32 Å². The van der Waals surface area contributed by atoms with Crippen molar-refractivity contribution >= 4 is 16.9 Å². The molecule has 20 heavy (non-hydrogen) atoms. The Kier molecular flexibility index (Phi) is 2.60. The largest absolute Gasteiger partial charge is 0.461 e. The summed E-state index contributed by atoms with van der Waals surface area (Å²) in [4.78, 5) is 12.4. The standard InChI is InChI=1S/C16H17NO3/c1-9-7-10-3-2-4-12(15(10)20-9)16(18)17-13-8-14-11(13)5-6-19-14/h2-4,7,11,13-14H,5-6,8H2,1H3,(H,17,18)/t11-,13+,14+/m1/s1. The van der Waals surface area contributed by atoms with Gasteiger partial charge in [-0.2, -0.15) is 0 Å². The second kappa shape index (κ2) is 4.35. The summed E-state index contributed by atoms with van der Waals surface area (Å²) in [5, 5.41) is 4.10. The number of carbonyl (C=O) groups is 1. The lowest BCUT2D eigenvalue weighted by Gasteiger charge is -2.39. The first-order valence-corrected chi connectivity index (χ1v) is 7.14. The fourth-order valence-corrected chi connectivity index (χ4v) is 3.38. The highest BCUT2D eigenvalue weighted by Crippen LogP contribution is 2.38. The van der Waals surface area contributed by atoms with Gasteiger partial charge in [0, 0.05) is 24.0 Å². The lowest BCUT2D eigenvalue weighted by atomic mass is 9.76. The minimum absolute atomic E-state index is 0.0414. The van der Waals surface area contributed by atoms with E-state index >= 15 is 0 Å². The van der Waals surface area contributed by atoms with Gasteiger partial charge in [0.05, 0.1) is 11.7 Å². The molecule has 0 spiro atoms. The van der Waals surface area contributed by atoms with Gasteiger partial charge in [-0.05, 0) is 31.9 Å². The maximum absolute atomic E-state index is 12.4. The van der Waals surface area contributed by atoms with Crippen molar-refractivity contribution in [2.24, 2.45) is 5.92 Å². The number of hydrogen-bond acceptors (Lipinski definition) is 3. The van der Waals surface area contributed by atoms with Crippen LogP contribution >= 0.6 is 0 Å². The highest BCUT2D eigenvalue weighted by molar-refractivity contribution is 6.05. The van der Waals surface area contributed by atoms with E-state index in [1.54, 1.807) is 0 Å². The van der Waals surface area contributed by atoms with E-state index in [9.17, 15) is 4.79 Å². The van der Waals surface area contributed by atoms with Crippen molar-refractivity contribution < 1.29 is 13.9 Å². The SMILES string of the molecule is Cc1cc2cccc(C(=O)N[C@H]3C[C@@H]4OCC[C@H]34)c2o1. The van der Waals surface area contributed by atoms with Crippen LogP contribution in [-0.4, -0.2) is 24.7 Å². The third kappa shape index (κ3) is 1.75. The molecule has 4 rings (SSSR count). The molecule has 1 aromatic heterocycles. The van der Waals surface area contributed by atoms with E-state index in [0.717, 1.165) is 30.6 Å². The van der Waals surface area contributed by atoms with Gasteiger partial charge in [-0.3, -0.25) is 4.79 Å². The van der Waals surface area contributed by atoms with Gasteiger partial charge in [-0.25, -0.2) is 0 Å². The van der Waals surface area contributed by atoms with Crippen molar-refractivity contribution in [2.75, 3.05) is 6.61 Å². The molecule has 3 atom stereocenters. The predicted molar refractivity (Wildman–Crippen MR) is 74.7 cm³/mol. The summed E-state index contributed by atoms with van der Waals surface area (Å²) in [6.07, 6.45) is 2.35. The molecular formula is C16H17NO3. The Hall–Kier alpha value is -1.81. The molecule has 4 heteroatoms. The van der Waals surface area contributed by atoms with Crippen molar-refractivity contribution in [3.05, 3.63) is 35.6 Å². The molecule has 0 unspecified atom stereocenters. The van der Waals surface area contributed by atoms with Crippen LogP contribution in [0, 0.1) is 12.8 Å². The molecular weight excluding hydrogens is 254 g/mol. The van der Waals surface area contributed by atoms with Crippen LogP contribution in [0.1, 0.15) is 29.0 Å². The Morgan fingerprint density at radius 3 is 3.15 bits per heavy atom. The minimum atomic E-state index is -0.0414. The zero-order chi connectivity index (χ0) is 13.7. The van der Waals surface area contributed by atoms with Gasteiger partial charge in [0.15, 0.2) is 0 Å². The molecule has 1 aromatic carbocycles. The molecule has 1 aliphatic carbocycles. The Morgan fingerprint density at radius 2 is 2.30 bits per heavy atom. The number of fused-ring (bicyclic) bond motifs is 2. The smallest absolute Gasteiger partial charge is 0.255 e. The van der Waals surface area contributed by atoms with Gasteiger partial charge in [-0.1, -0.05) is 12.1 Å². The van der Waals surface area contributed by atoms with Crippen molar-refractivity contribution in [2.45, 2.75) is 31.9 Å². The summed E-state index contributed by atoms with van der Waals surface area (Å²) in [5.74, 6) is 1.28. The van der Waals surface area contributed by atoms with Crippen molar-refractivity contribution in [1.29, 1.82) is 0 Å². The quantitative estimate of drug-likeness (QED) is 0.913. The number of aryl methyl sites for hydroxylation is 1. The number of hydrogen-bond donors (Lipinski definition) is 1. The normalized spacial score (nSPS) is 28.1. The minimum Gasteiger partial charge on any atom is -0.461 e. The summed E-state index contributed by atoms with van der Waals surface area (Å²) >= 11 is 0. The number of benzene rings is 1. The Morgan fingerprint density at radius 1 is 1.40 bits per heavy atom. The van der Waals surface area contributed by atoms with Gasteiger partial charge in [-0.15, -0.1) is 0 Å². The molecule has 0 radical (unpaired) electrons. The summed E-state index contributed by atoms with van der Waals surface area (Å²) in [5.41, 5.74) is 1.30. The molecule has 4 nitrogen and oxygen atoms in total. The summed E-state index contributed by atoms with van der Waals surface area (Å²) in [7, 11) is 0. The van der Waals surface area contributed by atoms with Gasteiger partial charge in [0.2, 0.25) is 0 Å². The van der Waals surface area contributed by atoms with Crippen molar-refractivity contribution in [3.63, 3.8) is 0 Å². The van der Waals surface area contributed by atoms with E-state index < -0.39 is 0 Å². The molecule has 0 bridgehead atoms. The van der Waals surface area contributed by atoms with Crippen LogP contribution in [0.2, 0.25) is 0 Å². The second-order valence-electron chi connectivity index (χ2n) is 5.76. The molecule has 1 amide bonds. The van der Waals surface area contributed by atoms with Gasteiger partial charge in [0.25, 0.3) is 5.91 Å². The van der Waals surface area contributed by atoms with Gasteiger partial charge in [0.1, 0.15) is 11.3 Å². The lowest BCUT2D eigenvalue weighted by molar-refractivity contribution is 0.00811. The maximum atomic E-state index is 12.4. The topological polar surface area (TPSA) is 51.5 Å². The highest BCUT2D eigenvalue weighted by Gasteiger charge is 2.45. The number of rotatable bonds is 2. The third-order valence-corrected chi connectivity index (χ3v) is 4.49. The number of furan rings is 1. The van der Waals surface area contributed by atoms with Crippen LogP contribution in [-0.2, 0) is 4.74 Å². The molecule has 2 aliphatic rings. The molecule has 2 heterocycles. The Balaban J connectivity index is 1.58. The zero-order valence-electron chi connectivity index (χ0n) is 11.4. The predicted octanol–water partition coefficient (Wildman–Crippen LogP) is 2.65. The van der Waals surface area contributed by atoms with E-state index in [0.29, 0.717) is 23.2 Å². The lowest BCUT2D eigenvalue weighted by Crippen LogP contribution is -2.53. The number of amides is 1. The first kappa shape index (κ1) is 12.0. The summed E-state index contributed by atoms with van der Waals surface area (Å²) in [6, 6.07) is 7.89. The van der Waals surface area contributed by atoms with E-state index in [1.807, 2.05) is 31.2 Å². The number of nitrogens with one attached hydrogen (secondary N) is 1. The molecule has 1 aliphatic heterocycles. The van der Waals surface area contributed by atoms with E-state index in [4.69, 9.17) is 9.15 Å².